The second-order valence-corrected chi connectivity index (χ2v) is 11.0. The summed E-state index contributed by atoms with van der Waals surface area (Å²) in [4.78, 5) is 13.9. The second kappa shape index (κ2) is 11.2. The molecule has 1 N–H and O–H groups in total. The third kappa shape index (κ3) is 5.71. The highest BCUT2D eigenvalue weighted by atomic mass is 79.9. The summed E-state index contributed by atoms with van der Waals surface area (Å²) in [5, 5.41) is 22.4. The molecule has 34 heavy (non-hydrogen) atoms. The summed E-state index contributed by atoms with van der Waals surface area (Å²) in [5.74, 6) is 1.97. The zero-order valence-corrected chi connectivity index (χ0v) is 21.9. The van der Waals surface area contributed by atoms with Gasteiger partial charge in [-0.1, -0.05) is 40.7 Å². The smallest absolute Gasteiger partial charge is 0.235 e. The molecule has 0 saturated heterocycles. The number of ether oxygens (including phenoxy) is 1. The van der Waals surface area contributed by atoms with Gasteiger partial charge in [0.15, 0.2) is 11.0 Å². The van der Waals surface area contributed by atoms with Gasteiger partial charge in [-0.2, -0.15) is 5.26 Å². The van der Waals surface area contributed by atoms with E-state index in [9.17, 15) is 10.1 Å². The lowest BCUT2D eigenvalue weighted by atomic mass is 9.89. The van der Waals surface area contributed by atoms with Crippen LogP contribution in [0.5, 0.6) is 5.75 Å². The molecule has 1 aromatic carbocycles. The van der Waals surface area contributed by atoms with E-state index >= 15 is 0 Å². The van der Waals surface area contributed by atoms with E-state index in [0.29, 0.717) is 34.0 Å². The van der Waals surface area contributed by atoms with Crippen molar-refractivity contribution in [2.45, 2.75) is 44.5 Å². The number of benzene rings is 1. The van der Waals surface area contributed by atoms with E-state index in [1.807, 2.05) is 28.8 Å². The third-order valence-electron chi connectivity index (χ3n) is 5.50. The molecule has 176 valence electrons. The highest BCUT2D eigenvalue weighted by Gasteiger charge is 2.25. The van der Waals surface area contributed by atoms with Crippen LogP contribution in [0.3, 0.4) is 0 Å². The number of thioether (sulfide) groups is 1. The fourth-order valence-corrected chi connectivity index (χ4v) is 6.18. The number of aromatic nitrogens is 3. The van der Waals surface area contributed by atoms with Crippen LogP contribution in [-0.2, 0) is 30.8 Å². The number of fused-ring (bicyclic) bond motifs is 1. The van der Waals surface area contributed by atoms with Gasteiger partial charge in [-0.15, -0.1) is 28.1 Å². The SMILES string of the molecule is C=CCn1c(COc2ccc(Br)cc2)nnc1SCC(=O)Nc1sc2c(c1C#N)CCC(C)C2. The number of amides is 1. The molecule has 0 fully saturated rings. The summed E-state index contributed by atoms with van der Waals surface area (Å²) in [7, 11) is 0. The van der Waals surface area contributed by atoms with E-state index in [1.165, 1.54) is 28.0 Å². The average Bonchev–Trinajstić information content (AvgIpc) is 3.37. The van der Waals surface area contributed by atoms with Gasteiger partial charge in [-0.25, -0.2) is 0 Å². The van der Waals surface area contributed by atoms with E-state index in [1.54, 1.807) is 6.08 Å². The summed E-state index contributed by atoms with van der Waals surface area (Å²) in [6.45, 7) is 6.79. The molecule has 0 aliphatic heterocycles. The maximum atomic E-state index is 12.7. The van der Waals surface area contributed by atoms with Crippen LogP contribution in [0, 0.1) is 17.2 Å². The molecule has 0 saturated carbocycles. The molecule has 1 aliphatic carbocycles. The Morgan fingerprint density at radius 3 is 2.97 bits per heavy atom. The van der Waals surface area contributed by atoms with Crippen molar-refractivity contribution in [1.82, 2.24) is 14.8 Å². The minimum absolute atomic E-state index is 0.159. The number of carbonyl (C=O) groups excluding carboxylic acids is 1. The van der Waals surface area contributed by atoms with Crippen LogP contribution in [-0.4, -0.2) is 26.4 Å². The zero-order chi connectivity index (χ0) is 24.1. The fourth-order valence-electron chi connectivity index (χ4n) is 3.77. The molecule has 2 heterocycles. The minimum atomic E-state index is -0.172. The predicted octanol–water partition coefficient (Wildman–Crippen LogP) is 5.59. The van der Waals surface area contributed by atoms with Crippen molar-refractivity contribution in [3.63, 3.8) is 0 Å². The quantitative estimate of drug-likeness (QED) is 0.272. The van der Waals surface area contributed by atoms with E-state index in [2.05, 4.69) is 51.0 Å². The zero-order valence-electron chi connectivity index (χ0n) is 18.7. The van der Waals surface area contributed by atoms with Gasteiger partial charge < -0.3 is 10.1 Å². The summed E-state index contributed by atoms with van der Waals surface area (Å²) in [5.41, 5.74) is 1.72. The molecule has 2 aromatic heterocycles. The van der Waals surface area contributed by atoms with Gasteiger partial charge >= 0.3 is 0 Å². The lowest BCUT2D eigenvalue weighted by Crippen LogP contribution is -2.15. The monoisotopic (exact) mass is 557 g/mol. The van der Waals surface area contributed by atoms with Crippen LogP contribution in [0.15, 0.2) is 46.5 Å². The van der Waals surface area contributed by atoms with Crippen LogP contribution >= 0.6 is 39.0 Å². The Labute approximate surface area is 215 Å². The van der Waals surface area contributed by atoms with Crippen molar-refractivity contribution in [2.75, 3.05) is 11.1 Å². The van der Waals surface area contributed by atoms with Crippen molar-refractivity contribution < 1.29 is 9.53 Å². The Bertz CT molecular complexity index is 1230. The third-order valence-corrected chi connectivity index (χ3v) is 8.16. The summed E-state index contributed by atoms with van der Waals surface area (Å²) in [6.07, 6.45) is 4.70. The van der Waals surface area contributed by atoms with Gasteiger partial charge in [0.25, 0.3) is 0 Å². The molecule has 7 nitrogen and oxygen atoms in total. The summed E-state index contributed by atoms with van der Waals surface area (Å²) < 4.78 is 8.69. The van der Waals surface area contributed by atoms with Crippen molar-refractivity contribution in [3.8, 4) is 11.8 Å². The standard InChI is InChI=1S/C24H24BrN5O2S2/c1-3-10-30-21(13-32-17-7-5-16(25)6-8-17)28-29-24(30)33-14-22(31)27-23-19(12-26)18-9-4-15(2)11-20(18)34-23/h3,5-8,15H,1,4,9-11,13-14H2,2H3,(H,27,31). The molecule has 3 aromatic rings. The molecule has 0 bridgehead atoms. The maximum absolute atomic E-state index is 12.7. The van der Waals surface area contributed by atoms with Gasteiger partial charge in [-0.3, -0.25) is 9.36 Å². The van der Waals surface area contributed by atoms with Crippen molar-refractivity contribution >= 4 is 49.9 Å². The number of hydrogen-bond donors (Lipinski definition) is 1. The number of nitrogens with one attached hydrogen (secondary N) is 1. The Kier molecular flexibility index (Phi) is 8.08. The van der Waals surface area contributed by atoms with Gasteiger partial charge in [-0.05, 0) is 55.0 Å². The lowest BCUT2D eigenvalue weighted by Gasteiger charge is -2.17. The normalized spacial score (nSPS) is 14.8. The van der Waals surface area contributed by atoms with Crippen LogP contribution in [0.2, 0.25) is 0 Å². The number of thiophene rings is 1. The molecule has 4 rings (SSSR count). The van der Waals surface area contributed by atoms with E-state index < -0.39 is 0 Å². The Morgan fingerprint density at radius 2 is 2.24 bits per heavy atom. The first-order valence-electron chi connectivity index (χ1n) is 10.9. The number of hydrogen-bond acceptors (Lipinski definition) is 7. The van der Waals surface area contributed by atoms with Crippen LogP contribution in [0.25, 0.3) is 0 Å². The second-order valence-electron chi connectivity index (χ2n) is 8.05. The molecular weight excluding hydrogens is 534 g/mol. The molecule has 10 heteroatoms. The van der Waals surface area contributed by atoms with Crippen LogP contribution < -0.4 is 10.1 Å². The summed E-state index contributed by atoms with van der Waals surface area (Å²) in [6, 6.07) is 9.85. The first-order valence-corrected chi connectivity index (χ1v) is 13.5. The van der Waals surface area contributed by atoms with Crippen LogP contribution in [0.1, 0.15) is 35.2 Å². The topological polar surface area (TPSA) is 92.8 Å². The Morgan fingerprint density at radius 1 is 1.44 bits per heavy atom. The molecule has 0 radical (unpaired) electrons. The lowest BCUT2D eigenvalue weighted by molar-refractivity contribution is -0.113. The van der Waals surface area contributed by atoms with Gasteiger partial charge in [0.05, 0.1) is 11.3 Å². The maximum Gasteiger partial charge on any atom is 0.235 e. The Balaban J connectivity index is 1.39. The molecule has 1 atom stereocenters. The highest BCUT2D eigenvalue weighted by molar-refractivity contribution is 9.10. The van der Waals surface area contributed by atoms with E-state index in [-0.39, 0.29) is 18.3 Å². The van der Waals surface area contributed by atoms with Gasteiger partial charge in [0.1, 0.15) is 23.4 Å². The van der Waals surface area contributed by atoms with Crippen molar-refractivity contribution in [2.24, 2.45) is 5.92 Å². The van der Waals surface area contributed by atoms with E-state index in [0.717, 1.165) is 35.0 Å². The minimum Gasteiger partial charge on any atom is -0.486 e. The van der Waals surface area contributed by atoms with Crippen molar-refractivity contribution in [1.29, 1.82) is 5.26 Å². The van der Waals surface area contributed by atoms with Gasteiger partial charge in [0, 0.05) is 15.9 Å². The van der Waals surface area contributed by atoms with E-state index in [4.69, 9.17) is 4.74 Å². The number of rotatable bonds is 9. The Hall–Kier alpha value is -2.61. The largest absolute Gasteiger partial charge is 0.486 e. The number of nitrogens with zero attached hydrogens (tertiary/aromatic N) is 4. The summed E-state index contributed by atoms with van der Waals surface area (Å²) >= 11 is 6.24. The van der Waals surface area contributed by atoms with Gasteiger partial charge in [0.2, 0.25) is 5.91 Å². The highest BCUT2D eigenvalue weighted by Crippen LogP contribution is 2.39. The first-order chi connectivity index (χ1) is 16.5. The molecular formula is C24H24BrN5O2S2. The molecule has 0 spiro atoms. The average molecular weight is 559 g/mol. The van der Waals surface area contributed by atoms with Crippen LogP contribution in [0.4, 0.5) is 5.00 Å². The fraction of sp³-hybridized carbons (Fsp3) is 0.333. The predicted molar refractivity (Wildman–Crippen MR) is 138 cm³/mol. The number of nitriles is 1. The number of anilines is 1. The molecule has 1 unspecified atom stereocenters. The molecule has 1 aliphatic rings. The number of carbonyl (C=O) groups is 1. The molecule has 1 amide bonds. The number of allylic oxidation sites excluding steroid dienone is 1. The first kappa shape index (κ1) is 24.5. The number of halogens is 1. The van der Waals surface area contributed by atoms with Crippen molar-refractivity contribution in [3.05, 3.63) is 63.2 Å².